The summed E-state index contributed by atoms with van der Waals surface area (Å²) < 4.78 is 54.6. The zero-order valence-electron chi connectivity index (χ0n) is 14.9. The maximum atomic E-state index is 13.3. The number of sulfonamides is 1. The topological polar surface area (TPSA) is 93.1 Å². The molecule has 1 aromatic heterocycles. The van der Waals surface area contributed by atoms with Crippen molar-refractivity contribution < 1.29 is 22.0 Å². The van der Waals surface area contributed by atoms with E-state index in [0.717, 1.165) is 17.8 Å². The molecule has 0 aliphatic carbocycles. The normalized spacial score (nSPS) is 11.3. The van der Waals surface area contributed by atoms with Crippen LogP contribution in [0.3, 0.4) is 0 Å². The number of aryl methyl sites for hydroxylation is 2. The summed E-state index contributed by atoms with van der Waals surface area (Å²) in [6.45, 7) is 1.80. The molecule has 0 bridgehead atoms. The van der Waals surface area contributed by atoms with Crippen molar-refractivity contribution in [3.05, 3.63) is 71.4 Å². The van der Waals surface area contributed by atoms with E-state index in [1.54, 1.807) is 20.0 Å². The highest BCUT2D eigenvalue weighted by Crippen LogP contribution is 2.19. The first-order valence-electron chi connectivity index (χ1n) is 8.05. The summed E-state index contributed by atoms with van der Waals surface area (Å²) >= 11 is 0. The van der Waals surface area contributed by atoms with Crippen LogP contribution in [-0.2, 0) is 17.1 Å². The Balaban J connectivity index is 1.74. The summed E-state index contributed by atoms with van der Waals surface area (Å²) in [6, 6.07) is 9.64. The van der Waals surface area contributed by atoms with E-state index in [1.807, 2.05) is 0 Å². The number of carbonyl (C=O) groups is 1. The third-order valence-electron chi connectivity index (χ3n) is 3.84. The fraction of sp³-hybridized carbons (Fsp3) is 0.111. The van der Waals surface area contributed by atoms with Gasteiger partial charge in [-0.3, -0.25) is 14.2 Å². The maximum Gasteiger partial charge on any atom is 0.261 e. The first kappa shape index (κ1) is 19.5. The molecule has 3 rings (SSSR count). The van der Waals surface area contributed by atoms with Gasteiger partial charge < -0.3 is 5.32 Å². The lowest BCUT2D eigenvalue weighted by Crippen LogP contribution is -2.15. The molecule has 0 aliphatic heterocycles. The first-order chi connectivity index (χ1) is 13.2. The van der Waals surface area contributed by atoms with Gasteiger partial charge in [0, 0.05) is 24.4 Å². The molecule has 0 aliphatic rings. The van der Waals surface area contributed by atoms with Crippen LogP contribution in [0.5, 0.6) is 0 Å². The molecule has 1 amide bonds. The van der Waals surface area contributed by atoms with Gasteiger partial charge in [-0.05, 0) is 49.4 Å². The lowest BCUT2D eigenvalue weighted by atomic mass is 10.2. The maximum absolute atomic E-state index is 13.3. The predicted molar refractivity (Wildman–Crippen MR) is 99.5 cm³/mol. The lowest BCUT2D eigenvalue weighted by Gasteiger charge is -2.09. The standard InChI is InChI=1S/C18H16F2N4O3S/c1-11-9-17(24(2)22-11)21-18(25)12-3-5-13(6-4-12)23-28(26,27)14-7-8-15(19)16(20)10-14/h3-10,23H,1-2H3,(H,21,25). The van der Waals surface area contributed by atoms with Gasteiger partial charge in [0.2, 0.25) is 0 Å². The molecule has 0 spiro atoms. The SMILES string of the molecule is Cc1cc(NC(=O)c2ccc(NS(=O)(=O)c3ccc(F)c(F)c3)cc2)n(C)n1. The molecule has 28 heavy (non-hydrogen) atoms. The second-order valence-corrected chi connectivity index (χ2v) is 7.69. The number of nitrogens with one attached hydrogen (secondary N) is 2. The van der Waals surface area contributed by atoms with Crippen LogP contribution in [0.25, 0.3) is 0 Å². The number of hydrogen-bond donors (Lipinski definition) is 2. The van der Waals surface area contributed by atoms with Gasteiger partial charge in [-0.1, -0.05) is 0 Å². The summed E-state index contributed by atoms with van der Waals surface area (Å²) in [6.07, 6.45) is 0. The molecule has 0 radical (unpaired) electrons. The first-order valence-corrected chi connectivity index (χ1v) is 9.54. The zero-order valence-corrected chi connectivity index (χ0v) is 15.7. The van der Waals surface area contributed by atoms with Crippen molar-refractivity contribution >= 4 is 27.4 Å². The fourth-order valence-electron chi connectivity index (χ4n) is 2.46. The van der Waals surface area contributed by atoms with Crippen molar-refractivity contribution in [3.63, 3.8) is 0 Å². The minimum atomic E-state index is -4.11. The van der Waals surface area contributed by atoms with E-state index in [4.69, 9.17) is 0 Å². The summed E-state index contributed by atoms with van der Waals surface area (Å²) in [5.74, 6) is -2.28. The number of benzene rings is 2. The summed E-state index contributed by atoms with van der Waals surface area (Å²) in [7, 11) is -2.41. The van der Waals surface area contributed by atoms with Crippen LogP contribution >= 0.6 is 0 Å². The Morgan fingerprint density at radius 1 is 1.04 bits per heavy atom. The Bertz CT molecular complexity index is 1140. The Kier molecular flexibility index (Phi) is 5.14. The Morgan fingerprint density at radius 3 is 2.29 bits per heavy atom. The number of anilines is 2. The van der Waals surface area contributed by atoms with Crippen LogP contribution in [0.1, 0.15) is 16.1 Å². The number of hydrogen-bond acceptors (Lipinski definition) is 4. The fourth-order valence-corrected chi connectivity index (χ4v) is 3.53. The number of rotatable bonds is 5. The lowest BCUT2D eigenvalue weighted by molar-refractivity contribution is 0.102. The van der Waals surface area contributed by atoms with Gasteiger partial charge in [-0.15, -0.1) is 0 Å². The second-order valence-electron chi connectivity index (χ2n) is 6.01. The second kappa shape index (κ2) is 7.39. The molecule has 2 aromatic carbocycles. The van der Waals surface area contributed by atoms with E-state index >= 15 is 0 Å². The van der Waals surface area contributed by atoms with Gasteiger partial charge in [0.25, 0.3) is 15.9 Å². The number of nitrogens with zero attached hydrogens (tertiary/aromatic N) is 2. The van der Waals surface area contributed by atoms with Crippen molar-refractivity contribution in [2.75, 3.05) is 10.0 Å². The van der Waals surface area contributed by atoms with E-state index in [-0.39, 0.29) is 5.69 Å². The van der Waals surface area contributed by atoms with Gasteiger partial charge in [-0.2, -0.15) is 5.10 Å². The Labute approximate surface area is 160 Å². The average molecular weight is 406 g/mol. The van der Waals surface area contributed by atoms with Gasteiger partial charge in [0.05, 0.1) is 10.6 Å². The molecule has 0 saturated carbocycles. The molecule has 2 N–H and O–H groups in total. The summed E-state index contributed by atoms with van der Waals surface area (Å²) in [5.41, 5.74) is 1.21. The number of amides is 1. The van der Waals surface area contributed by atoms with Gasteiger partial charge >= 0.3 is 0 Å². The highest BCUT2D eigenvalue weighted by Gasteiger charge is 2.17. The molecule has 0 saturated heterocycles. The third kappa shape index (κ3) is 4.17. The molecule has 0 fully saturated rings. The van der Waals surface area contributed by atoms with Crippen LogP contribution < -0.4 is 10.0 Å². The van der Waals surface area contributed by atoms with E-state index in [1.165, 1.54) is 28.9 Å². The van der Waals surface area contributed by atoms with Crippen molar-refractivity contribution in [2.24, 2.45) is 7.05 Å². The molecule has 0 unspecified atom stereocenters. The van der Waals surface area contributed by atoms with Crippen molar-refractivity contribution in [2.45, 2.75) is 11.8 Å². The van der Waals surface area contributed by atoms with E-state index in [0.29, 0.717) is 17.4 Å². The largest absolute Gasteiger partial charge is 0.307 e. The molecular weight excluding hydrogens is 390 g/mol. The number of aromatic nitrogens is 2. The quantitative estimate of drug-likeness (QED) is 0.681. The minimum Gasteiger partial charge on any atom is -0.307 e. The van der Waals surface area contributed by atoms with Gasteiger partial charge in [0.1, 0.15) is 5.82 Å². The van der Waals surface area contributed by atoms with Gasteiger partial charge in [-0.25, -0.2) is 17.2 Å². The van der Waals surface area contributed by atoms with Crippen molar-refractivity contribution in [1.82, 2.24) is 9.78 Å². The monoisotopic (exact) mass is 406 g/mol. The van der Waals surface area contributed by atoms with Crippen LogP contribution in [0, 0.1) is 18.6 Å². The Morgan fingerprint density at radius 2 is 1.71 bits per heavy atom. The molecule has 0 atom stereocenters. The predicted octanol–water partition coefficient (Wildman–Crippen LogP) is 3.06. The van der Waals surface area contributed by atoms with Crippen molar-refractivity contribution in [3.8, 4) is 0 Å². The molecule has 1 heterocycles. The highest BCUT2D eigenvalue weighted by molar-refractivity contribution is 7.92. The Hall–Kier alpha value is -3.27. The highest BCUT2D eigenvalue weighted by atomic mass is 32.2. The summed E-state index contributed by atoms with van der Waals surface area (Å²) in [4.78, 5) is 11.9. The zero-order chi connectivity index (χ0) is 20.5. The van der Waals surface area contributed by atoms with Crippen LogP contribution in [0.2, 0.25) is 0 Å². The summed E-state index contributed by atoms with van der Waals surface area (Å²) in [5, 5.41) is 6.83. The van der Waals surface area contributed by atoms with Crippen LogP contribution in [-0.4, -0.2) is 24.1 Å². The molecule has 7 nitrogen and oxygen atoms in total. The number of halogens is 2. The molecular formula is C18H16F2N4O3S. The number of carbonyl (C=O) groups excluding carboxylic acids is 1. The van der Waals surface area contributed by atoms with Crippen LogP contribution in [0.15, 0.2) is 53.4 Å². The molecule has 10 heteroatoms. The molecule has 3 aromatic rings. The van der Waals surface area contributed by atoms with E-state index < -0.39 is 32.5 Å². The molecule has 146 valence electrons. The third-order valence-corrected chi connectivity index (χ3v) is 5.22. The average Bonchev–Trinajstić information content (AvgIpc) is 2.94. The van der Waals surface area contributed by atoms with Gasteiger partial charge in [0.15, 0.2) is 11.6 Å². The smallest absolute Gasteiger partial charge is 0.261 e. The minimum absolute atomic E-state index is 0.165. The van der Waals surface area contributed by atoms with E-state index in [9.17, 15) is 22.0 Å². The van der Waals surface area contributed by atoms with E-state index in [2.05, 4.69) is 15.1 Å². The van der Waals surface area contributed by atoms with Crippen LogP contribution in [0.4, 0.5) is 20.3 Å². The van der Waals surface area contributed by atoms with Crippen molar-refractivity contribution in [1.29, 1.82) is 0 Å².